The molecule has 2 aliphatic rings. The van der Waals surface area contributed by atoms with Crippen molar-refractivity contribution in [1.29, 1.82) is 0 Å². The van der Waals surface area contributed by atoms with Crippen LogP contribution in [0.15, 0.2) is 36.5 Å². The molecule has 5 heteroatoms. The van der Waals surface area contributed by atoms with Crippen LogP contribution < -0.4 is 4.52 Å². The van der Waals surface area contributed by atoms with Gasteiger partial charge in [-0.1, -0.05) is 18.2 Å². The molecule has 0 saturated carbocycles. The number of rotatable bonds is 2. The molecular weight excluding hydrogens is 269 g/mol. The lowest BCUT2D eigenvalue weighted by Crippen LogP contribution is -2.20. The lowest BCUT2D eigenvalue weighted by molar-refractivity contribution is 0.426. The van der Waals surface area contributed by atoms with Crippen molar-refractivity contribution in [2.45, 2.75) is 18.9 Å². The van der Waals surface area contributed by atoms with Crippen molar-refractivity contribution in [2.75, 3.05) is 20.1 Å². The Kier molecular flexibility index (Phi) is 3.10. The zero-order chi connectivity index (χ0) is 13.5. The van der Waals surface area contributed by atoms with Gasteiger partial charge in [-0.3, -0.25) is 4.98 Å². The second-order valence-electron chi connectivity index (χ2n) is 5.47. The zero-order valence-electron chi connectivity index (χ0n) is 11.6. The summed E-state index contributed by atoms with van der Waals surface area (Å²) >= 11 is 0. The van der Waals surface area contributed by atoms with Crippen molar-refractivity contribution in [1.82, 2.24) is 14.3 Å². The highest BCUT2D eigenvalue weighted by atomic mass is 31.2. The monoisotopic (exact) mass is 287 g/mol. The first kappa shape index (κ1) is 12.5. The summed E-state index contributed by atoms with van der Waals surface area (Å²) in [5.74, 6) is 0.911. The van der Waals surface area contributed by atoms with Crippen LogP contribution in [0.2, 0.25) is 0 Å². The molecule has 3 heterocycles. The topological polar surface area (TPSA) is 28.6 Å². The van der Waals surface area contributed by atoms with Crippen molar-refractivity contribution in [3.8, 4) is 5.75 Å². The molecule has 104 valence electrons. The van der Waals surface area contributed by atoms with Gasteiger partial charge in [0.1, 0.15) is 5.52 Å². The van der Waals surface area contributed by atoms with E-state index in [1.807, 2.05) is 24.4 Å². The summed E-state index contributed by atoms with van der Waals surface area (Å²) in [5.41, 5.74) is 0.966. The summed E-state index contributed by atoms with van der Waals surface area (Å²) < 4.78 is 11.3. The SMILES string of the molecule is CN1CC2CCCN2P1Oc1cccc2cccnc12. The van der Waals surface area contributed by atoms with Crippen molar-refractivity contribution < 1.29 is 4.52 Å². The Balaban J connectivity index is 1.67. The van der Waals surface area contributed by atoms with Crippen LogP contribution in [0.4, 0.5) is 0 Å². The van der Waals surface area contributed by atoms with Gasteiger partial charge in [-0.15, -0.1) is 0 Å². The van der Waals surface area contributed by atoms with Gasteiger partial charge in [0, 0.05) is 30.7 Å². The van der Waals surface area contributed by atoms with Crippen LogP contribution in [0.25, 0.3) is 10.9 Å². The van der Waals surface area contributed by atoms with Crippen LogP contribution in [0, 0.1) is 0 Å². The first-order valence-corrected chi connectivity index (χ1v) is 8.29. The van der Waals surface area contributed by atoms with Crippen molar-refractivity contribution in [3.63, 3.8) is 0 Å². The van der Waals surface area contributed by atoms with Crippen LogP contribution in [-0.2, 0) is 0 Å². The largest absolute Gasteiger partial charge is 0.442 e. The fraction of sp³-hybridized carbons (Fsp3) is 0.400. The Morgan fingerprint density at radius 3 is 3.15 bits per heavy atom. The number of benzene rings is 1. The number of hydrogen-bond acceptors (Lipinski definition) is 4. The van der Waals surface area contributed by atoms with Crippen LogP contribution in [0.5, 0.6) is 5.75 Å². The Labute approximate surface area is 120 Å². The fourth-order valence-corrected chi connectivity index (χ4v) is 5.23. The third-order valence-electron chi connectivity index (χ3n) is 4.11. The van der Waals surface area contributed by atoms with Crippen LogP contribution in [0.1, 0.15) is 12.8 Å². The molecule has 4 nitrogen and oxygen atoms in total. The molecule has 0 spiro atoms. The summed E-state index contributed by atoms with van der Waals surface area (Å²) in [5, 5.41) is 1.14. The van der Waals surface area contributed by atoms with Crippen molar-refractivity contribution in [3.05, 3.63) is 36.5 Å². The van der Waals surface area contributed by atoms with E-state index in [1.165, 1.54) is 19.4 Å². The van der Waals surface area contributed by atoms with Gasteiger partial charge in [0.15, 0.2) is 5.75 Å². The summed E-state index contributed by atoms with van der Waals surface area (Å²) in [6.07, 6.45) is 4.44. The predicted octanol–water partition coefficient (Wildman–Crippen LogP) is 3.25. The molecule has 2 aromatic rings. The first-order chi connectivity index (χ1) is 9.83. The summed E-state index contributed by atoms with van der Waals surface area (Å²) in [6, 6.07) is 10.9. The van der Waals surface area contributed by atoms with E-state index in [0.29, 0.717) is 6.04 Å². The molecular formula is C15H18N3OP. The molecule has 1 aromatic heterocycles. The highest BCUT2D eigenvalue weighted by Crippen LogP contribution is 2.54. The van der Waals surface area contributed by atoms with Gasteiger partial charge in [-0.05, 0) is 32.0 Å². The summed E-state index contributed by atoms with van der Waals surface area (Å²) in [7, 11) is 1.50. The lowest BCUT2D eigenvalue weighted by Gasteiger charge is -2.25. The van der Waals surface area contributed by atoms with Crippen LogP contribution >= 0.6 is 8.45 Å². The molecule has 0 N–H and O–H groups in total. The average Bonchev–Trinajstić information content (AvgIpc) is 3.02. The maximum Gasteiger partial charge on any atom is 0.248 e. The maximum absolute atomic E-state index is 6.37. The smallest absolute Gasteiger partial charge is 0.248 e. The molecule has 2 fully saturated rings. The average molecular weight is 287 g/mol. The van der Waals surface area contributed by atoms with E-state index in [4.69, 9.17) is 4.52 Å². The van der Waals surface area contributed by atoms with Gasteiger partial charge < -0.3 is 4.52 Å². The lowest BCUT2D eigenvalue weighted by atomic mass is 10.2. The first-order valence-electron chi connectivity index (χ1n) is 7.12. The number of likely N-dealkylation sites (N-methyl/N-ethyl adjacent to an activating group) is 1. The fourth-order valence-electron chi connectivity index (χ4n) is 3.16. The quantitative estimate of drug-likeness (QED) is 0.793. The van der Waals surface area contributed by atoms with E-state index in [-0.39, 0.29) is 0 Å². The molecule has 2 saturated heterocycles. The van der Waals surface area contributed by atoms with Gasteiger partial charge in [0.05, 0.1) is 0 Å². The van der Waals surface area contributed by atoms with Gasteiger partial charge in [0.2, 0.25) is 8.45 Å². The summed E-state index contributed by atoms with van der Waals surface area (Å²) in [6.45, 7) is 2.29. The van der Waals surface area contributed by atoms with Crippen molar-refractivity contribution in [2.24, 2.45) is 0 Å². The standard InChI is InChI=1S/C15H18N3OP/c1-17-11-13-7-4-10-18(13)20(17)19-14-8-2-5-12-6-3-9-16-15(12)14/h2-3,5-6,8-9,13H,4,7,10-11H2,1H3. The normalized spacial score (nSPS) is 27.1. The molecule has 0 radical (unpaired) electrons. The van der Waals surface area contributed by atoms with Gasteiger partial charge >= 0.3 is 0 Å². The molecule has 2 aliphatic heterocycles. The van der Waals surface area contributed by atoms with Crippen LogP contribution in [-0.4, -0.2) is 40.5 Å². The minimum atomic E-state index is -0.670. The Morgan fingerprint density at radius 2 is 2.20 bits per heavy atom. The molecule has 4 rings (SSSR count). The minimum Gasteiger partial charge on any atom is -0.442 e. The predicted molar refractivity (Wildman–Crippen MR) is 81.6 cm³/mol. The highest BCUT2D eigenvalue weighted by Gasteiger charge is 2.43. The van der Waals surface area contributed by atoms with E-state index in [0.717, 1.165) is 23.2 Å². The Bertz CT molecular complexity index is 630. The minimum absolute atomic E-state index is 0.670. The molecule has 2 atom stereocenters. The summed E-state index contributed by atoms with van der Waals surface area (Å²) in [4.78, 5) is 4.48. The molecule has 0 bridgehead atoms. The van der Waals surface area contributed by atoms with Gasteiger partial charge in [-0.2, -0.15) is 0 Å². The third kappa shape index (κ3) is 1.99. The van der Waals surface area contributed by atoms with E-state index in [2.05, 4.69) is 33.5 Å². The maximum atomic E-state index is 6.37. The van der Waals surface area contributed by atoms with Gasteiger partial charge in [-0.25, -0.2) is 9.34 Å². The van der Waals surface area contributed by atoms with E-state index in [9.17, 15) is 0 Å². The molecule has 0 amide bonds. The zero-order valence-corrected chi connectivity index (χ0v) is 12.5. The van der Waals surface area contributed by atoms with E-state index in [1.54, 1.807) is 0 Å². The van der Waals surface area contributed by atoms with Crippen molar-refractivity contribution >= 4 is 19.4 Å². The number of pyridine rings is 1. The molecule has 0 aliphatic carbocycles. The van der Waals surface area contributed by atoms with Crippen LogP contribution in [0.3, 0.4) is 0 Å². The van der Waals surface area contributed by atoms with E-state index >= 15 is 0 Å². The molecule has 1 aromatic carbocycles. The van der Waals surface area contributed by atoms with E-state index < -0.39 is 8.45 Å². The van der Waals surface area contributed by atoms with Gasteiger partial charge in [0.25, 0.3) is 0 Å². The number of aromatic nitrogens is 1. The number of hydrogen-bond donors (Lipinski definition) is 0. The third-order valence-corrected chi connectivity index (χ3v) is 6.18. The molecule has 20 heavy (non-hydrogen) atoms. The second-order valence-corrected chi connectivity index (χ2v) is 7.36. The molecule has 2 unspecified atom stereocenters. The number of para-hydroxylation sites is 1. The Hall–Kier alpha value is -1.22. The second kappa shape index (κ2) is 4.96. The highest BCUT2D eigenvalue weighted by molar-refractivity contribution is 7.48. The number of fused-ring (bicyclic) bond motifs is 2. The number of nitrogens with zero attached hydrogens (tertiary/aromatic N) is 3. The Morgan fingerprint density at radius 1 is 1.30 bits per heavy atom.